The maximum absolute atomic E-state index is 11.3. The number of hydrogen-bond donors (Lipinski definition) is 0. The third-order valence-corrected chi connectivity index (χ3v) is 1.85. The Kier molecular flexibility index (Phi) is 1.18. The molecule has 1 aromatic rings. The lowest BCUT2D eigenvalue weighted by Crippen LogP contribution is -2.17. The summed E-state index contributed by atoms with van der Waals surface area (Å²) in [6.07, 6.45) is 1.71. The Morgan fingerprint density at radius 2 is 2.45 bits per heavy atom. The van der Waals surface area contributed by atoms with Crippen molar-refractivity contribution in [1.29, 1.82) is 0 Å². The first-order chi connectivity index (χ1) is 5.29. The summed E-state index contributed by atoms with van der Waals surface area (Å²) < 4.78 is 0. The molecule has 2 heterocycles. The molecular weight excluding hydrogens is 140 g/mol. The van der Waals surface area contributed by atoms with Crippen LogP contribution in [-0.2, 0) is 6.54 Å². The zero-order chi connectivity index (χ0) is 7.84. The molecule has 0 fully saturated rings. The largest absolute Gasteiger partial charge is 0.336 e. The highest BCUT2D eigenvalue weighted by molar-refractivity contribution is 5.97. The van der Waals surface area contributed by atoms with Gasteiger partial charge in [0.2, 0.25) is 0 Å². The van der Waals surface area contributed by atoms with Crippen molar-refractivity contribution < 1.29 is 4.79 Å². The minimum Gasteiger partial charge on any atom is -0.336 e. The summed E-state index contributed by atoms with van der Waals surface area (Å²) in [5.74, 6) is 0.0769. The van der Waals surface area contributed by atoms with Crippen molar-refractivity contribution in [2.45, 2.75) is 6.54 Å². The number of amides is 1. The van der Waals surface area contributed by atoms with E-state index in [0.29, 0.717) is 6.54 Å². The van der Waals surface area contributed by atoms with Gasteiger partial charge in [0, 0.05) is 13.2 Å². The van der Waals surface area contributed by atoms with E-state index in [4.69, 9.17) is 0 Å². The van der Waals surface area contributed by atoms with Crippen LogP contribution in [0.2, 0.25) is 0 Å². The minimum atomic E-state index is 0.0769. The summed E-state index contributed by atoms with van der Waals surface area (Å²) in [6, 6.07) is 3.60. The molecule has 2 rings (SSSR count). The van der Waals surface area contributed by atoms with Crippen LogP contribution >= 0.6 is 0 Å². The standard InChI is InChI=1S/C8H8N2O/c1-10-5-7-6(8(10)11)3-2-4-9-7/h2-4H,5H2,1H3. The van der Waals surface area contributed by atoms with Gasteiger partial charge in [-0.2, -0.15) is 0 Å². The summed E-state index contributed by atoms with van der Waals surface area (Å²) in [6.45, 7) is 0.648. The predicted molar refractivity (Wildman–Crippen MR) is 40.0 cm³/mol. The molecule has 0 aliphatic carbocycles. The molecule has 0 atom stereocenters. The van der Waals surface area contributed by atoms with Gasteiger partial charge in [-0.3, -0.25) is 9.78 Å². The van der Waals surface area contributed by atoms with Crippen LogP contribution in [0.15, 0.2) is 18.3 Å². The van der Waals surface area contributed by atoms with E-state index in [9.17, 15) is 4.79 Å². The Bertz CT molecular complexity index is 309. The fraction of sp³-hybridized carbons (Fsp3) is 0.250. The lowest BCUT2D eigenvalue weighted by Gasteiger charge is -2.03. The Labute approximate surface area is 64.7 Å². The van der Waals surface area contributed by atoms with Gasteiger partial charge in [-0.25, -0.2) is 0 Å². The number of rotatable bonds is 0. The highest BCUT2D eigenvalue weighted by Crippen LogP contribution is 2.17. The molecule has 1 aromatic heterocycles. The Morgan fingerprint density at radius 1 is 1.64 bits per heavy atom. The van der Waals surface area contributed by atoms with E-state index in [1.807, 2.05) is 6.07 Å². The number of aromatic nitrogens is 1. The predicted octanol–water partition coefficient (Wildman–Crippen LogP) is 0.667. The zero-order valence-corrected chi connectivity index (χ0v) is 6.24. The molecule has 56 valence electrons. The summed E-state index contributed by atoms with van der Waals surface area (Å²) >= 11 is 0. The van der Waals surface area contributed by atoms with E-state index < -0.39 is 0 Å². The van der Waals surface area contributed by atoms with Crippen LogP contribution in [0.1, 0.15) is 16.1 Å². The van der Waals surface area contributed by atoms with Crippen molar-refractivity contribution in [2.75, 3.05) is 7.05 Å². The van der Waals surface area contributed by atoms with Crippen LogP contribution in [-0.4, -0.2) is 22.8 Å². The maximum Gasteiger partial charge on any atom is 0.255 e. The zero-order valence-electron chi connectivity index (χ0n) is 6.24. The topological polar surface area (TPSA) is 33.2 Å². The van der Waals surface area contributed by atoms with Crippen LogP contribution < -0.4 is 0 Å². The third-order valence-electron chi connectivity index (χ3n) is 1.85. The van der Waals surface area contributed by atoms with Gasteiger partial charge in [-0.15, -0.1) is 0 Å². The number of fused-ring (bicyclic) bond motifs is 1. The first-order valence-corrected chi connectivity index (χ1v) is 3.48. The fourth-order valence-corrected chi connectivity index (χ4v) is 1.26. The number of pyridine rings is 1. The Balaban J connectivity index is 2.55. The summed E-state index contributed by atoms with van der Waals surface area (Å²) in [4.78, 5) is 17.0. The van der Waals surface area contributed by atoms with Gasteiger partial charge in [0.05, 0.1) is 17.8 Å². The minimum absolute atomic E-state index is 0.0769. The molecule has 0 radical (unpaired) electrons. The molecule has 0 N–H and O–H groups in total. The molecule has 3 heteroatoms. The van der Waals surface area contributed by atoms with Crippen molar-refractivity contribution in [3.05, 3.63) is 29.6 Å². The van der Waals surface area contributed by atoms with Gasteiger partial charge >= 0.3 is 0 Å². The smallest absolute Gasteiger partial charge is 0.255 e. The molecule has 1 amide bonds. The van der Waals surface area contributed by atoms with Crippen molar-refractivity contribution in [3.8, 4) is 0 Å². The van der Waals surface area contributed by atoms with Gasteiger partial charge in [-0.05, 0) is 12.1 Å². The summed E-state index contributed by atoms with van der Waals surface area (Å²) in [7, 11) is 1.78. The molecule has 1 aliphatic rings. The molecule has 0 saturated heterocycles. The monoisotopic (exact) mass is 148 g/mol. The number of carbonyl (C=O) groups is 1. The molecule has 0 aromatic carbocycles. The van der Waals surface area contributed by atoms with E-state index in [1.54, 1.807) is 24.2 Å². The van der Waals surface area contributed by atoms with Gasteiger partial charge in [0.15, 0.2) is 0 Å². The average molecular weight is 148 g/mol. The van der Waals surface area contributed by atoms with E-state index in [-0.39, 0.29) is 5.91 Å². The van der Waals surface area contributed by atoms with Crippen LogP contribution in [0.5, 0.6) is 0 Å². The van der Waals surface area contributed by atoms with Crippen LogP contribution in [0, 0.1) is 0 Å². The summed E-state index contributed by atoms with van der Waals surface area (Å²) in [5, 5.41) is 0. The third kappa shape index (κ3) is 0.808. The van der Waals surface area contributed by atoms with Gasteiger partial charge in [0.25, 0.3) is 5.91 Å². The van der Waals surface area contributed by atoms with Crippen LogP contribution in [0.3, 0.4) is 0 Å². The first-order valence-electron chi connectivity index (χ1n) is 3.48. The second-order valence-electron chi connectivity index (χ2n) is 2.66. The highest BCUT2D eigenvalue weighted by Gasteiger charge is 2.24. The van der Waals surface area contributed by atoms with E-state index in [0.717, 1.165) is 11.3 Å². The van der Waals surface area contributed by atoms with Crippen molar-refractivity contribution in [3.63, 3.8) is 0 Å². The van der Waals surface area contributed by atoms with Crippen molar-refractivity contribution in [1.82, 2.24) is 9.88 Å². The normalized spacial score (nSPS) is 15.4. The lowest BCUT2D eigenvalue weighted by atomic mass is 10.2. The first kappa shape index (κ1) is 6.34. The van der Waals surface area contributed by atoms with Gasteiger partial charge in [-0.1, -0.05) is 0 Å². The van der Waals surface area contributed by atoms with Crippen molar-refractivity contribution >= 4 is 5.91 Å². The van der Waals surface area contributed by atoms with Crippen LogP contribution in [0.25, 0.3) is 0 Å². The van der Waals surface area contributed by atoms with Crippen LogP contribution in [0.4, 0.5) is 0 Å². The summed E-state index contributed by atoms with van der Waals surface area (Å²) in [5.41, 5.74) is 1.63. The molecule has 1 aliphatic heterocycles. The molecule has 0 bridgehead atoms. The highest BCUT2D eigenvalue weighted by atomic mass is 16.2. The maximum atomic E-state index is 11.3. The molecule has 11 heavy (non-hydrogen) atoms. The average Bonchev–Trinajstić information content (AvgIpc) is 2.30. The lowest BCUT2D eigenvalue weighted by molar-refractivity contribution is 0.0816. The van der Waals surface area contributed by atoms with Gasteiger partial charge < -0.3 is 4.90 Å². The SMILES string of the molecule is CN1Cc2ncccc2C1=O. The Morgan fingerprint density at radius 3 is 3.18 bits per heavy atom. The van der Waals surface area contributed by atoms with E-state index in [1.165, 1.54) is 0 Å². The quantitative estimate of drug-likeness (QED) is 0.541. The molecule has 0 unspecified atom stereocenters. The molecule has 3 nitrogen and oxygen atoms in total. The second kappa shape index (κ2) is 2.05. The number of carbonyl (C=O) groups excluding carboxylic acids is 1. The van der Waals surface area contributed by atoms with Crippen molar-refractivity contribution in [2.24, 2.45) is 0 Å². The molecule has 0 spiro atoms. The number of nitrogens with zero attached hydrogens (tertiary/aromatic N) is 2. The second-order valence-corrected chi connectivity index (χ2v) is 2.66. The molecular formula is C8H8N2O. The Hall–Kier alpha value is -1.38. The number of hydrogen-bond acceptors (Lipinski definition) is 2. The fourth-order valence-electron chi connectivity index (χ4n) is 1.26. The van der Waals surface area contributed by atoms with E-state index in [2.05, 4.69) is 4.98 Å². The molecule has 0 saturated carbocycles. The van der Waals surface area contributed by atoms with Gasteiger partial charge in [0.1, 0.15) is 0 Å². The van der Waals surface area contributed by atoms with E-state index >= 15 is 0 Å².